The summed E-state index contributed by atoms with van der Waals surface area (Å²) in [6.45, 7) is 6.51. The minimum Gasteiger partial charge on any atom is -0.507 e. The second-order valence-electron chi connectivity index (χ2n) is 13.0. The Hall–Kier alpha value is -3.44. The predicted molar refractivity (Wildman–Crippen MR) is 179 cm³/mol. The van der Waals surface area contributed by atoms with Gasteiger partial charge in [0.05, 0.1) is 26.7 Å². The molecule has 2 saturated heterocycles. The normalized spacial score (nSPS) is 25.0. The fraction of sp³-hybridized carbons (Fsp3) is 0.548. The Morgan fingerprint density at radius 1 is 1.16 bits per heavy atom. The van der Waals surface area contributed by atoms with Crippen LogP contribution in [0.3, 0.4) is 0 Å². The molecule has 0 bridgehead atoms. The van der Waals surface area contributed by atoms with Crippen molar-refractivity contribution in [2.75, 3.05) is 32.0 Å². The van der Waals surface area contributed by atoms with Crippen LogP contribution in [0.25, 0.3) is 11.2 Å². The molecule has 5 heterocycles. The van der Waals surface area contributed by atoms with Crippen LogP contribution in [0.5, 0.6) is 11.5 Å². The van der Waals surface area contributed by atoms with Gasteiger partial charge < -0.3 is 53.4 Å². The zero-order valence-corrected chi connectivity index (χ0v) is 30.5. The number of anilines is 1. The molecule has 2 aromatic heterocycles. The van der Waals surface area contributed by atoms with Gasteiger partial charge in [-0.15, -0.1) is 0 Å². The van der Waals surface area contributed by atoms with E-state index in [1.165, 1.54) is 19.8 Å². The highest BCUT2D eigenvalue weighted by molar-refractivity contribution is 7.70. The van der Waals surface area contributed by atoms with Gasteiger partial charge in [0.25, 0.3) is 0 Å². The molecule has 5 N–H and O–H groups in total. The van der Waals surface area contributed by atoms with Gasteiger partial charge in [-0.2, -0.15) is 0 Å². The lowest BCUT2D eigenvalue weighted by atomic mass is 9.94. The number of phenolic OH excluding ortho intramolecular Hbond substituents is 1. The first-order chi connectivity index (χ1) is 24.0. The van der Waals surface area contributed by atoms with E-state index in [0.717, 1.165) is 5.57 Å². The lowest BCUT2D eigenvalue weighted by Crippen LogP contribution is -2.32. The number of aromatic hydroxyl groups is 1. The van der Waals surface area contributed by atoms with E-state index < -0.39 is 64.0 Å². The van der Waals surface area contributed by atoms with Crippen LogP contribution < -0.4 is 10.5 Å². The number of rotatable bonds is 14. The molecular formula is C31H41N5O13P2. The molecule has 0 spiro atoms. The minimum atomic E-state index is -4.65. The van der Waals surface area contributed by atoms with Gasteiger partial charge in [0, 0.05) is 11.1 Å². The van der Waals surface area contributed by atoms with Crippen molar-refractivity contribution in [3.8, 4) is 11.5 Å². The number of nitrogens with two attached hydrogens (primary N) is 1. The third-order valence-corrected chi connectivity index (χ3v) is 12.9. The third kappa shape index (κ3) is 7.70. The van der Waals surface area contributed by atoms with E-state index in [1.54, 1.807) is 25.3 Å². The fourth-order valence-electron chi connectivity index (χ4n) is 6.54. The number of benzene rings is 1. The summed E-state index contributed by atoms with van der Waals surface area (Å²) < 4.78 is 66.6. The molecule has 18 nitrogen and oxygen atoms in total. The number of fused-ring (bicyclic) bond motifs is 3. The van der Waals surface area contributed by atoms with Crippen molar-refractivity contribution in [3.05, 3.63) is 46.6 Å². The number of methoxy groups -OCH3 is 1. The average molecular weight is 754 g/mol. The van der Waals surface area contributed by atoms with Gasteiger partial charge in [-0.25, -0.2) is 19.7 Å². The van der Waals surface area contributed by atoms with Crippen LogP contribution in [0.1, 0.15) is 66.9 Å². The molecular weight excluding hydrogens is 712 g/mol. The number of hydrogen-bond donors (Lipinski definition) is 4. The molecule has 4 unspecified atom stereocenters. The molecule has 2 fully saturated rings. The summed E-state index contributed by atoms with van der Waals surface area (Å²) >= 11 is 0. The van der Waals surface area contributed by atoms with Gasteiger partial charge in [0.2, 0.25) is 0 Å². The van der Waals surface area contributed by atoms with E-state index in [2.05, 4.69) is 15.0 Å². The van der Waals surface area contributed by atoms with Gasteiger partial charge in [0.15, 0.2) is 29.4 Å². The molecule has 3 aliphatic heterocycles. The Kier molecular flexibility index (Phi) is 10.4. The highest BCUT2D eigenvalue weighted by Crippen LogP contribution is 2.59. The number of aromatic nitrogens is 4. The second kappa shape index (κ2) is 14.2. The fourth-order valence-corrected chi connectivity index (χ4v) is 9.79. The molecule has 6 atom stereocenters. The molecule has 3 aliphatic rings. The van der Waals surface area contributed by atoms with Gasteiger partial charge in [-0.3, -0.25) is 13.7 Å². The maximum Gasteiger partial charge on any atom is 0.342 e. The number of phenols is 1. The number of allylic oxidation sites excluding steroid dienone is 2. The smallest absolute Gasteiger partial charge is 0.342 e. The van der Waals surface area contributed by atoms with Crippen LogP contribution in [0, 0.1) is 6.92 Å². The summed E-state index contributed by atoms with van der Waals surface area (Å²) in [4.78, 5) is 45.6. The summed E-state index contributed by atoms with van der Waals surface area (Å²) in [5, 5.41) is 10.8. The van der Waals surface area contributed by atoms with Gasteiger partial charge >= 0.3 is 21.2 Å². The highest BCUT2D eigenvalue weighted by Gasteiger charge is 2.56. The van der Waals surface area contributed by atoms with Crippen LogP contribution in [0.15, 0.2) is 24.3 Å². The molecule has 0 radical (unpaired) electrons. The van der Waals surface area contributed by atoms with E-state index in [1.807, 2.05) is 13.0 Å². The molecule has 6 rings (SSSR count). The molecule has 20 heteroatoms. The SMILES string of the molecule is COc1c(C)c2c(c(O)c1C/C=C(\C)CCCOP(=O)(O)CP(=O)(O)OC[C@H]1O[C@@H](n3cnc4c(N)ncnc43)C3OC(C)(C)OC31)C(=O)OC2. The monoisotopic (exact) mass is 753 g/mol. The topological polar surface area (TPSA) is 246 Å². The Morgan fingerprint density at radius 3 is 2.63 bits per heavy atom. The first kappa shape index (κ1) is 37.3. The van der Waals surface area contributed by atoms with E-state index in [0.29, 0.717) is 46.4 Å². The summed E-state index contributed by atoms with van der Waals surface area (Å²) in [6, 6.07) is 0. The lowest BCUT2D eigenvalue weighted by molar-refractivity contribution is -0.199. The molecule has 278 valence electrons. The van der Waals surface area contributed by atoms with Crippen molar-refractivity contribution in [1.82, 2.24) is 19.5 Å². The number of hydrogen-bond acceptors (Lipinski definition) is 15. The number of carbonyl (C=O) groups excluding carboxylic acids is 1. The van der Waals surface area contributed by atoms with Crippen LogP contribution in [-0.2, 0) is 50.2 Å². The number of nitrogen functional groups attached to an aromatic ring is 1. The molecule has 0 amide bonds. The van der Waals surface area contributed by atoms with Gasteiger partial charge in [0.1, 0.15) is 53.8 Å². The number of carbonyl (C=O) groups is 1. The summed E-state index contributed by atoms with van der Waals surface area (Å²) in [7, 11) is -7.72. The number of esters is 1. The Bertz CT molecular complexity index is 1970. The third-order valence-electron chi connectivity index (χ3n) is 8.90. The zero-order valence-electron chi connectivity index (χ0n) is 28.7. The van der Waals surface area contributed by atoms with E-state index in [4.69, 9.17) is 38.5 Å². The van der Waals surface area contributed by atoms with Crippen LogP contribution >= 0.6 is 15.2 Å². The second-order valence-corrected chi connectivity index (χ2v) is 17.2. The average Bonchev–Trinajstić information content (AvgIpc) is 3.81. The van der Waals surface area contributed by atoms with Crippen molar-refractivity contribution in [2.24, 2.45) is 0 Å². The zero-order chi connectivity index (χ0) is 36.9. The largest absolute Gasteiger partial charge is 0.507 e. The van der Waals surface area contributed by atoms with Crippen LogP contribution in [0.2, 0.25) is 0 Å². The van der Waals surface area contributed by atoms with E-state index in [-0.39, 0.29) is 36.8 Å². The summed E-state index contributed by atoms with van der Waals surface area (Å²) in [5.41, 5.74) is 9.45. The Labute approximate surface area is 292 Å². The van der Waals surface area contributed by atoms with Crippen molar-refractivity contribution < 1.29 is 61.5 Å². The minimum absolute atomic E-state index is 0.0720. The molecule has 0 saturated carbocycles. The van der Waals surface area contributed by atoms with Crippen molar-refractivity contribution in [2.45, 2.75) is 83.9 Å². The first-order valence-corrected chi connectivity index (χ1v) is 19.6. The lowest BCUT2D eigenvalue weighted by Gasteiger charge is -2.25. The number of imidazole rings is 1. The van der Waals surface area contributed by atoms with E-state index >= 15 is 0 Å². The Morgan fingerprint density at radius 2 is 1.88 bits per heavy atom. The van der Waals surface area contributed by atoms with Crippen molar-refractivity contribution >= 4 is 38.1 Å². The number of nitrogens with zero attached hydrogens (tertiary/aromatic N) is 4. The molecule has 51 heavy (non-hydrogen) atoms. The Balaban J connectivity index is 1.01. The number of cyclic esters (lactones) is 1. The van der Waals surface area contributed by atoms with Gasteiger partial charge in [-0.05, 0) is 52.5 Å². The predicted octanol–water partition coefficient (Wildman–Crippen LogP) is 3.85. The maximum atomic E-state index is 13.0. The van der Waals surface area contributed by atoms with Crippen molar-refractivity contribution in [3.63, 3.8) is 0 Å². The quantitative estimate of drug-likeness (QED) is 0.0790. The number of ether oxygens (including phenoxy) is 5. The maximum absolute atomic E-state index is 13.0. The van der Waals surface area contributed by atoms with Crippen LogP contribution in [0.4, 0.5) is 5.82 Å². The van der Waals surface area contributed by atoms with E-state index in [9.17, 15) is 28.8 Å². The standard InChI is InChI=1S/C31H41N5O13P2/c1-16(8-9-18-23(37)21-19(11-44-30(21)38)17(2)24(18)43-5)7-6-10-45-50(39,40)15-51(41,42)46-12-20-25-26(49-31(3,4)48-25)29(47-20)36-14-35-22-27(32)33-13-34-28(22)36/h8,13-14,20,25-26,29,37H,6-7,9-12,15H2,1-5H3,(H,39,40)(H,41,42)(H2,32,33,34)/b16-8+/t20-,25?,26?,29-/m1/s1. The van der Waals surface area contributed by atoms with Crippen LogP contribution in [-0.4, -0.2) is 90.7 Å². The molecule has 3 aromatic rings. The summed E-state index contributed by atoms with van der Waals surface area (Å²) in [6.07, 6.45) is 2.53. The highest BCUT2D eigenvalue weighted by atomic mass is 31.2. The first-order valence-electron chi connectivity index (χ1n) is 16.1. The molecule has 1 aromatic carbocycles. The molecule has 0 aliphatic carbocycles. The summed E-state index contributed by atoms with van der Waals surface area (Å²) in [5.74, 6) is -2.26. The van der Waals surface area contributed by atoms with Crippen molar-refractivity contribution in [1.29, 1.82) is 0 Å². The van der Waals surface area contributed by atoms with Gasteiger partial charge in [-0.1, -0.05) is 11.6 Å².